The molecule has 2 fully saturated rings. The Morgan fingerprint density at radius 2 is 1.76 bits per heavy atom. The molecule has 230 valence electrons. The van der Waals surface area contributed by atoms with Gasteiger partial charge in [0, 0.05) is 62.9 Å². The van der Waals surface area contributed by atoms with Crippen LogP contribution in [0.25, 0.3) is 0 Å². The Balaban J connectivity index is 1.43. The standard InChI is InChI=1S/C31H41F2N3O6/c1-4-31(32,33)11-17-42-28-21-25(9-10-26(28)39-2)36-14-5-12-35(30(36)38)22-24-8-7-23(19-27(24)40-3)20-29(37)34-13-6-16-41-18-15-34/h7-10,19,21H,4-6,11-18,20,22H2,1-3H3. The zero-order chi connectivity index (χ0) is 30.1. The minimum Gasteiger partial charge on any atom is -0.496 e. The number of nitrogens with zero attached hydrogens (tertiary/aromatic N) is 3. The summed E-state index contributed by atoms with van der Waals surface area (Å²) in [6.45, 7) is 5.20. The topological polar surface area (TPSA) is 80.8 Å². The van der Waals surface area contributed by atoms with Crippen LogP contribution in [0.15, 0.2) is 36.4 Å². The molecule has 0 radical (unpaired) electrons. The molecule has 0 N–H and O–H groups in total. The number of ether oxygens (including phenoxy) is 4. The summed E-state index contributed by atoms with van der Waals surface area (Å²) in [7, 11) is 3.06. The van der Waals surface area contributed by atoms with Gasteiger partial charge in [0.15, 0.2) is 11.5 Å². The number of benzene rings is 2. The first-order valence-corrected chi connectivity index (χ1v) is 14.5. The lowest BCUT2D eigenvalue weighted by atomic mass is 10.1. The van der Waals surface area contributed by atoms with Crippen LogP contribution in [0.3, 0.4) is 0 Å². The second-order valence-corrected chi connectivity index (χ2v) is 10.5. The molecule has 4 rings (SSSR count). The molecular weight excluding hydrogens is 548 g/mol. The molecule has 0 aromatic heterocycles. The molecule has 2 aliphatic rings. The molecule has 2 heterocycles. The molecule has 2 saturated heterocycles. The summed E-state index contributed by atoms with van der Waals surface area (Å²) in [5.74, 6) is -1.41. The van der Waals surface area contributed by atoms with Crippen molar-refractivity contribution in [3.63, 3.8) is 0 Å². The van der Waals surface area contributed by atoms with E-state index in [1.807, 2.05) is 23.1 Å². The van der Waals surface area contributed by atoms with Gasteiger partial charge in [-0.15, -0.1) is 0 Å². The van der Waals surface area contributed by atoms with Crippen molar-refractivity contribution in [3.05, 3.63) is 47.5 Å². The van der Waals surface area contributed by atoms with Crippen molar-refractivity contribution in [2.75, 3.05) is 65.1 Å². The van der Waals surface area contributed by atoms with Crippen molar-refractivity contribution in [3.8, 4) is 17.2 Å². The molecule has 2 aliphatic heterocycles. The highest BCUT2D eigenvalue weighted by Crippen LogP contribution is 2.34. The number of amides is 3. The van der Waals surface area contributed by atoms with Crippen LogP contribution in [0.5, 0.6) is 17.2 Å². The van der Waals surface area contributed by atoms with Crippen LogP contribution in [0.1, 0.15) is 43.7 Å². The molecule has 0 aliphatic carbocycles. The van der Waals surface area contributed by atoms with Crippen LogP contribution in [0, 0.1) is 0 Å². The van der Waals surface area contributed by atoms with E-state index in [9.17, 15) is 18.4 Å². The molecule has 0 bridgehead atoms. The Hall–Kier alpha value is -3.60. The van der Waals surface area contributed by atoms with Gasteiger partial charge in [-0.2, -0.15) is 0 Å². The number of urea groups is 1. The first-order valence-electron chi connectivity index (χ1n) is 14.5. The average molecular weight is 590 g/mol. The zero-order valence-electron chi connectivity index (χ0n) is 24.7. The van der Waals surface area contributed by atoms with E-state index in [0.29, 0.717) is 68.9 Å². The van der Waals surface area contributed by atoms with Crippen LogP contribution < -0.4 is 19.1 Å². The van der Waals surface area contributed by atoms with Gasteiger partial charge >= 0.3 is 6.03 Å². The Bertz CT molecular complexity index is 1220. The predicted octanol–water partition coefficient (Wildman–Crippen LogP) is 5.14. The highest BCUT2D eigenvalue weighted by molar-refractivity contribution is 5.93. The van der Waals surface area contributed by atoms with Gasteiger partial charge < -0.3 is 28.7 Å². The molecule has 0 saturated carbocycles. The first-order chi connectivity index (χ1) is 20.2. The summed E-state index contributed by atoms with van der Waals surface area (Å²) in [5, 5.41) is 0. The van der Waals surface area contributed by atoms with Gasteiger partial charge in [0.25, 0.3) is 5.92 Å². The maximum Gasteiger partial charge on any atom is 0.324 e. The quantitative estimate of drug-likeness (QED) is 0.341. The highest BCUT2D eigenvalue weighted by atomic mass is 19.3. The molecule has 2 aromatic carbocycles. The predicted molar refractivity (Wildman–Crippen MR) is 155 cm³/mol. The van der Waals surface area contributed by atoms with E-state index >= 15 is 0 Å². The van der Waals surface area contributed by atoms with E-state index in [1.165, 1.54) is 14.0 Å². The lowest BCUT2D eigenvalue weighted by Gasteiger charge is -2.36. The summed E-state index contributed by atoms with van der Waals surface area (Å²) in [6.07, 6.45) is 1.18. The van der Waals surface area contributed by atoms with Crippen molar-refractivity contribution >= 4 is 17.6 Å². The zero-order valence-corrected chi connectivity index (χ0v) is 24.7. The van der Waals surface area contributed by atoms with E-state index in [4.69, 9.17) is 18.9 Å². The number of anilines is 1. The van der Waals surface area contributed by atoms with Gasteiger partial charge in [0.05, 0.1) is 40.4 Å². The van der Waals surface area contributed by atoms with Crippen LogP contribution in [-0.2, 0) is 22.5 Å². The number of carbonyl (C=O) groups is 2. The van der Waals surface area contributed by atoms with Crippen molar-refractivity contribution < 1.29 is 37.3 Å². The fraction of sp³-hybridized carbons (Fsp3) is 0.548. The van der Waals surface area contributed by atoms with Crippen molar-refractivity contribution in [2.24, 2.45) is 0 Å². The monoisotopic (exact) mass is 589 g/mol. The van der Waals surface area contributed by atoms with Crippen LogP contribution in [-0.4, -0.2) is 87.9 Å². The lowest BCUT2D eigenvalue weighted by molar-refractivity contribution is -0.130. The van der Waals surface area contributed by atoms with E-state index in [-0.39, 0.29) is 31.4 Å². The fourth-order valence-corrected chi connectivity index (χ4v) is 5.12. The number of hydrogen-bond acceptors (Lipinski definition) is 6. The third kappa shape index (κ3) is 8.02. The Kier molecular flexibility index (Phi) is 10.8. The second kappa shape index (κ2) is 14.5. The van der Waals surface area contributed by atoms with Gasteiger partial charge in [0.1, 0.15) is 5.75 Å². The van der Waals surface area contributed by atoms with Gasteiger partial charge in [-0.1, -0.05) is 19.1 Å². The number of alkyl halides is 2. The molecular formula is C31H41F2N3O6. The third-order valence-corrected chi connectivity index (χ3v) is 7.66. The van der Waals surface area contributed by atoms with Crippen molar-refractivity contribution in [2.45, 2.75) is 51.5 Å². The molecule has 42 heavy (non-hydrogen) atoms. The maximum absolute atomic E-state index is 13.7. The minimum absolute atomic E-state index is 0.0547. The van der Waals surface area contributed by atoms with Crippen LogP contribution in [0.2, 0.25) is 0 Å². The second-order valence-electron chi connectivity index (χ2n) is 10.5. The summed E-state index contributed by atoms with van der Waals surface area (Å²) < 4.78 is 49.5. The number of methoxy groups -OCH3 is 2. The third-order valence-electron chi connectivity index (χ3n) is 7.66. The van der Waals surface area contributed by atoms with E-state index in [0.717, 1.165) is 24.0 Å². The molecule has 0 spiro atoms. The molecule has 2 aromatic rings. The van der Waals surface area contributed by atoms with Gasteiger partial charge in [-0.25, -0.2) is 13.6 Å². The SMILES string of the molecule is CCC(F)(F)CCOc1cc(N2CCCN(Cc3ccc(CC(=O)N4CCCOCC4)cc3OC)C2=O)ccc1OC. The number of halogens is 2. The largest absolute Gasteiger partial charge is 0.496 e. The lowest BCUT2D eigenvalue weighted by Crippen LogP contribution is -2.49. The van der Waals surface area contributed by atoms with E-state index in [2.05, 4.69) is 0 Å². The van der Waals surface area contributed by atoms with Crippen molar-refractivity contribution in [1.29, 1.82) is 0 Å². The van der Waals surface area contributed by atoms with Gasteiger partial charge in [-0.3, -0.25) is 9.69 Å². The fourth-order valence-electron chi connectivity index (χ4n) is 5.12. The first kappa shape index (κ1) is 31.3. The van der Waals surface area contributed by atoms with Gasteiger partial charge in [0.2, 0.25) is 5.91 Å². The number of rotatable bonds is 12. The Morgan fingerprint density at radius 1 is 0.952 bits per heavy atom. The van der Waals surface area contributed by atoms with Gasteiger partial charge in [-0.05, 0) is 36.6 Å². The van der Waals surface area contributed by atoms with Crippen LogP contribution >= 0.6 is 0 Å². The Labute approximate surface area is 246 Å². The summed E-state index contributed by atoms with van der Waals surface area (Å²) in [4.78, 5) is 31.6. The van der Waals surface area contributed by atoms with E-state index < -0.39 is 12.3 Å². The molecule has 0 atom stereocenters. The smallest absolute Gasteiger partial charge is 0.324 e. The van der Waals surface area contributed by atoms with Crippen molar-refractivity contribution in [1.82, 2.24) is 9.80 Å². The summed E-state index contributed by atoms with van der Waals surface area (Å²) >= 11 is 0. The number of carbonyl (C=O) groups excluding carboxylic acids is 2. The average Bonchev–Trinajstić information content (AvgIpc) is 3.29. The molecule has 11 heteroatoms. The number of hydrogen-bond donors (Lipinski definition) is 0. The molecule has 9 nitrogen and oxygen atoms in total. The Morgan fingerprint density at radius 3 is 2.52 bits per heavy atom. The summed E-state index contributed by atoms with van der Waals surface area (Å²) in [5.41, 5.74) is 2.28. The molecule has 3 amide bonds. The van der Waals surface area contributed by atoms with E-state index in [1.54, 1.807) is 35.1 Å². The molecule has 0 unspecified atom stereocenters. The highest BCUT2D eigenvalue weighted by Gasteiger charge is 2.29. The minimum atomic E-state index is -2.80. The normalized spacial score (nSPS) is 16.3. The van der Waals surface area contributed by atoms with Crippen LogP contribution in [0.4, 0.5) is 19.3 Å². The summed E-state index contributed by atoms with van der Waals surface area (Å²) in [6, 6.07) is 10.6. The maximum atomic E-state index is 13.7.